The molecule has 5 nitrogen and oxygen atoms in total. The Morgan fingerprint density at radius 3 is 1.61 bits per heavy atom. The summed E-state index contributed by atoms with van der Waals surface area (Å²) >= 11 is 0. The summed E-state index contributed by atoms with van der Waals surface area (Å²) in [5.41, 5.74) is 0. The maximum atomic E-state index is 11.7. The number of unbranched alkanes of at least 4 members (excludes halogenated alkanes) is 8. The van der Waals surface area contributed by atoms with Crippen molar-refractivity contribution in [2.75, 3.05) is 0 Å². The van der Waals surface area contributed by atoms with Gasteiger partial charge in [-0.05, 0) is 6.42 Å². The van der Waals surface area contributed by atoms with Gasteiger partial charge in [-0.1, -0.05) is 58.3 Å². The van der Waals surface area contributed by atoms with Gasteiger partial charge < -0.3 is 10.2 Å². The molecular weight excluding hydrogens is 350 g/mol. The van der Waals surface area contributed by atoms with Gasteiger partial charge in [-0.2, -0.15) is 0 Å². The van der Waals surface area contributed by atoms with Crippen molar-refractivity contribution in [2.45, 2.75) is 77.6 Å². The van der Waals surface area contributed by atoms with Crippen molar-refractivity contribution >= 4 is 120 Å². The van der Waals surface area contributed by atoms with E-state index in [0.29, 0.717) is 6.42 Å². The third-order valence-electron chi connectivity index (χ3n) is 3.59. The summed E-state index contributed by atoms with van der Waals surface area (Å²) in [6, 6.07) is 0. The van der Waals surface area contributed by atoms with E-state index in [1.165, 1.54) is 32.1 Å². The van der Waals surface area contributed by atoms with Crippen LogP contribution in [0.2, 0.25) is 0 Å². The van der Waals surface area contributed by atoms with E-state index < -0.39 is 30.1 Å². The number of carbonyl (C=O) groups is 3. The number of carboxylic acid groups (broad SMARTS) is 2. The van der Waals surface area contributed by atoms with Gasteiger partial charge in [-0.15, -0.1) is 0 Å². The fraction of sp³-hybridized carbons (Fsp3) is 0.812. The van der Waals surface area contributed by atoms with Crippen LogP contribution in [0.1, 0.15) is 77.6 Å². The van der Waals surface area contributed by atoms with Crippen molar-refractivity contribution < 1.29 is 24.6 Å². The molecule has 0 rings (SSSR count). The maximum absolute atomic E-state index is 11.7. The zero-order valence-electron chi connectivity index (χ0n) is 13.0. The molecule has 2 N–H and O–H groups in total. The van der Waals surface area contributed by atoms with E-state index in [4.69, 9.17) is 10.2 Å². The van der Waals surface area contributed by atoms with Crippen LogP contribution >= 0.6 is 0 Å². The summed E-state index contributed by atoms with van der Waals surface area (Å²) in [7, 11) is 0. The van der Waals surface area contributed by atoms with E-state index in [1.807, 2.05) is 0 Å². The third-order valence-corrected chi connectivity index (χ3v) is 3.59. The van der Waals surface area contributed by atoms with Crippen LogP contribution in [0.15, 0.2) is 0 Å². The Balaban J connectivity index is -0.00000200. The van der Waals surface area contributed by atoms with Gasteiger partial charge in [0.1, 0.15) is 11.7 Å². The minimum atomic E-state index is -1.39. The van der Waals surface area contributed by atoms with Gasteiger partial charge in [0.2, 0.25) is 0 Å². The summed E-state index contributed by atoms with van der Waals surface area (Å²) in [5, 5.41) is 17.4. The van der Waals surface area contributed by atoms with E-state index in [-0.39, 0.29) is 109 Å². The van der Waals surface area contributed by atoms with Gasteiger partial charge in [0.25, 0.3) is 0 Å². The van der Waals surface area contributed by atoms with Gasteiger partial charge in [-0.25, -0.2) is 0 Å². The number of hydrogen-bond acceptors (Lipinski definition) is 3. The molecule has 0 amide bonds. The monoisotopic (exact) mass is 380 g/mol. The molecule has 0 saturated carbocycles. The Labute approximate surface area is 224 Å². The Hall–Kier alpha value is 1.88. The molecule has 0 fully saturated rings. The molecule has 0 aliphatic rings. The number of carbonyl (C=O) groups excluding carboxylic acids is 1. The van der Waals surface area contributed by atoms with E-state index in [1.54, 1.807) is 0 Å². The summed E-state index contributed by atoms with van der Waals surface area (Å²) < 4.78 is 0. The Morgan fingerprint density at radius 1 is 0.783 bits per heavy atom. The van der Waals surface area contributed by atoms with Crippen LogP contribution in [0.5, 0.6) is 0 Å². The number of aliphatic carboxylic acids is 2. The van der Waals surface area contributed by atoms with Crippen LogP contribution in [0.25, 0.3) is 0 Å². The van der Waals surface area contributed by atoms with Gasteiger partial charge >= 0.3 is 115 Å². The van der Waals surface area contributed by atoms with Gasteiger partial charge in [-0.3, -0.25) is 14.4 Å². The molecule has 0 aromatic rings. The molecular formula is C16H30K2O5. The van der Waals surface area contributed by atoms with Crippen molar-refractivity contribution in [3.8, 4) is 0 Å². The predicted molar refractivity (Wildman–Crippen MR) is 94.5 cm³/mol. The van der Waals surface area contributed by atoms with Crippen LogP contribution in [-0.2, 0) is 14.4 Å². The molecule has 0 aliphatic carbocycles. The fourth-order valence-corrected chi connectivity index (χ4v) is 2.30. The first-order valence-corrected chi connectivity index (χ1v) is 7.96. The molecule has 0 spiro atoms. The molecule has 23 heavy (non-hydrogen) atoms. The molecule has 1 unspecified atom stereocenters. The minimum absolute atomic E-state index is 0. The van der Waals surface area contributed by atoms with Crippen LogP contribution in [0, 0.1) is 5.92 Å². The Kier molecular flexibility index (Phi) is 26.0. The summed E-state index contributed by atoms with van der Waals surface area (Å²) in [5.74, 6) is -4.44. The van der Waals surface area contributed by atoms with Crippen molar-refractivity contribution in [2.24, 2.45) is 5.92 Å². The van der Waals surface area contributed by atoms with Crippen molar-refractivity contribution in [1.82, 2.24) is 0 Å². The van der Waals surface area contributed by atoms with E-state index in [9.17, 15) is 14.4 Å². The normalized spacial score (nSPS) is 11.0. The van der Waals surface area contributed by atoms with Crippen molar-refractivity contribution in [3.05, 3.63) is 0 Å². The zero-order valence-corrected chi connectivity index (χ0v) is 13.0. The van der Waals surface area contributed by atoms with Crippen LogP contribution < -0.4 is 0 Å². The van der Waals surface area contributed by atoms with E-state index >= 15 is 0 Å². The second-order valence-corrected chi connectivity index (χ2v) is 5.53. The second kappa shape index (κ2) is 20.2. The van der Waals surface area contributed by atoms with Crippen molar-refractivity contribution in [3.63, 3.8) is 0 Å². The molecule has 0 aliphatic heterocycles. The number of Topliss-reactive ketones (excluding diaryl/α,β-unsaturated/α-hetero) is 1. The number of ketones is 1. The van der Waals surface area contributed by atoms with Gasteiger partial charge in [0.05, 0.1) is 6.42 Å². The molecule has 0 bridgehead atoms. The molecule has 0 heterocycles. The molecule has 0 aromatic heterocycles. The molecule has 0 saturated heterocycles. The summed E-state index contributed by atoms with van der Waals surface area (Å²) in [6.45, 7) is 2.19. The predicted octanol–water partition coefficient (Wildman–Crippen LogP) is 2.35. The first-order valence-electron chi connectivity index (χ1n) is 7.96. The average molecular weight is 381 g/mol. The average Bonchev–Trinajstić information content (AvgIpc) is 2.42. The van der Waals surface area contributed by atoms with Crippen LogP contribution in [-0.4, -0.2) is 131 Å². The number of rotatable bonds is 14. The second-order valence-electron chi connectivity index (χ2n) is 5.53. The quantitative estimate of drug-likeness (QED) is 0.274. The van der Waals surface area contributed by atoms with Crippen LogP contribution in [0.4, 0.5) is 0 Å². The molecule has 1 atom stereocenters. The zero-order chi connectivity index (χ0) is 16.1. The van der Waals surface area contributed by atoms with Gasteiger partial charge in [0.15, 0.2) is 0 Å². The molecule has 0 radical (unpaired) electrons. The fourth-order valence-electron chi connectivity index (χ4n) is 2.30. The Morgan fingerprint density at radius 2 is 1.22 bits per heavy atom. The molecule has 126 valence electrons. The SMILES string of the molecule is CCCCCCCCCCCC(=O)C(CC(=O)O)C(=O)O.[KH].[KH]. The van der Waals surface area contributed by atoms with E-state index in [0.717, 1.165) is 19.3 Å². The standard InChI is InChI=1S/C16H28O5.2K.2H/c1-2-3-4-5-6-7-8-9-10-11-14(17)13(16(20)21)12-15(18)19;;;;/h13H,2-12H2,1H3,(H,18,19)(H,20,21);;;;. The summed E-state index contributed by atoms with van der Waals surface area (Å²) in [6.07, 6.45) is 9.58. The molecule has 7 heteroatoms. The first-order chi connectivity index (χ1) is 9.99. The number of hydrogen-bond donors (Lipinski definition) is 2. The first kappa shape index (κ1) is 29.6. The summed E-state index contributed by atoms with van der Waals surface area (Å²) in [4.78, 5) is 33.1. The number of carboxylic acids is 2. The van der Waals surface area contributed by atoms with Crippen LogP contribution in [0.3, 0.4) is 0 Å². The van der Waals surface area contributed by atoms with Gasteiger partial charge in [0, 0.05) is 6.42 Å². The van der Waals surface area contributed by atoms with E-state index in [2.05, 4.69) is 6.92 Å². The third kappa shape index (κ3) is 18.5. The topological polar surface area (TPSA) is 91.7 Å². The molecule has 0 aromatic carbocycles. The Bertz CT molecular complexity index is 334. The van der Waals surface area contributed by atoms with Crippen molar-refractivity contribution in [1.29, 1.82) is 0 Å².